The molecule has 2 unspecified atom stereocenters. The van der Waals surface area contributed by atoms with Gasteiger partial charge in [0.15, 0.2) is 0 Å². The van der Waals surface area contributed by atoms with Crippen LogP contribution in [0.4, 0.5) is 10.5 Å². The summed E-state index contributed by atoms with van der Waals surface area (Å²) in [5, 5.41) is 20.2. The van der Waals surface area contributed by atoms with Gasteiger partial charge >= 0.3 is 6.09 Å². The Morgan fingerprint density at radius 2 is 2.00 bits per heavy atom. The zero-order valence-electron chi connectivity index (χ0n) is 14.6. The van der Waals surface area contributed by atoms with Gasteiger partial charge in [-0.25, -0.2) is 4.79 Å². The van der Waals surface area contributed by atoms with Gasteiger partial charge in [-0.3, -0.25) is 14.8 Å². The van der Waals surface area contributed by atoms with E-state index in [0.29, 0.717) is 12.2 Å². The highest BCUT2D eigenvalue weighted by atomic mass is 16.4. The number of carboxylic acid groups (broad SMARTS) is 1. The second kappa shape index (κ2) is 7.11. The van der Waals surface area contributed by atoms with Crippen molar-refractivity contribution in [3.8, 4) is 0 Å². The molecule has 1 fully saturated rings. The van der Waals surface area contributed by atoms with Gasteiger partial charge in [-0.1, -0.05) is 30.3 Å². The predicted molar refractivity (Wildman–Crippen MR) is 102 cm³/mol. The van der Waals surface area contributed by atoms with Gasteiger partial charge in [0.1, 0.15) is 6.04 Å². The Balaban J connectivity index is 1.64. The van der Waals surface area contributed by atoms with Crippen LogP contribution in [0.1, 0.15) is 24.3 Å². The van der Waals surface area contributed by atoms with E-state index in [4.69, 9.17) is 0 Å². The number of nitrogens with one attached hydrogen (secondary N) is 2. The second-order valence-corrected chi connectivity index (χ2v) is 6.74. The first kappa shape index (κ1) is 17.1. The first-order chi connectivity index (χ1) is 13.1. The minimum atomic E-state index is -1.07. The van der Waals surface area contributed by atoms with Gasteiger partial charge in [-0.05, 0) is 36.6 Å². The van der Waals surface area contributed by atoms with Crippen molar-refractivity contribution in [1.82, 2.24) is 15.1 Å². The van der Waals surface area contributed by atoms with E-state index in [1.165, 1.54) is 4.90 Å². The van der Waals surface area contributed by atoms with Crippen LogP contribution in [0, 0.1) is 0 Å². The highest BCUT2D eigenvalue weighted by Crippen LogP contribution is 2.33. The molecule has 2 aromatic carbocycles. The highest BCUT2D eigenvalue weighted by molar-refractivity contribution is 5.98. The minimum Gasteiger partial charge on any atom is -0.465 e. The number of carbonyl (C=O) groups is 2. The van der Waals surface area contributed by atoms with Gasteiger partial charge in [0.2, 0.25) is 5.91 Å². The summed E-state index contributed by atoms with van der Waals surface area (Å²) in [6, 6.07) is 14.3. The fourth-order valence-electron chi connectivity index (χ4n) is 3.82. The zero-order chi connectivity index (χ0) is 18.8. The molecule has 0 saturated carbocycles. The lowest BCUT2D eigenvalue weighted by Gasteiger charge is -2.38. The molecule has 7 heteroatoms. The highest BCUT2D eigenvalue weighted by Gasteiger charge is 2.40. The summed E-state index contributed by atoms with van der Waals surface area (Å²) < 4.78 is 0. The van der Waals surface area contributed by atoms with E-state index in [9.17, 15) is 14.7 Å². The molecular weight excluding hydrogens is 344 g/mol. The van der Waals surface area contributed by atoms with E-state index in [-0.39, 0.29) is 11.8 Å². The fourth-order valence-corrected chi connectivity index (χ4v) is 3.82. The third kappa shape index (κ3) is 3.36. The molecule has 3 N–H and O–H groups in total. The molecule has 138 valence electrons. The van der Waals surface area contributed by atoms with Crippen molar-refractivity contribution in [3.05, 3.63) is 60.3 Å². The molecule has 0 radical (unpaired) electrons. The molecule has 0 aliphatic carbocycles. The van der Waals surface area contributed by atoms with E-state index < -0.39 is 12.1 Å². The minimum absolute atomic E-state index is 0.172. The summed E-state index contributed by atoms with van der Waals surface area (Å²) >= 11 is 0. The van der Waals surface area contributed by atoms with Crippen LogP contribution in [-0.4, -0.2) is 44.8 Å². The summed E-state index contributed by atoms with van der Waals surface area (Å²) in [5.74, 6) is -0.484. The number of hydrogen-bond acceptors (Lipinski definition) is 3. The van der Waals surface area contributed by atoms with Crippen molar-refractivity contribution in [2.24, 2.45) is 0 Å². The lowest BCUT2D eigenvalue weighted by atomic mass is 9.83. The monoisotopic (exact) mass is 364 g/mol. The third-order valence-electron chi connectivity index (χ3n) is 5.08. The van der Waals surface area contributed by atoms with E-state index >= 15 is 0 Å². The topological polar surface area (TPSA) is 98.3 Å². The van der Waals surface area contributed by atoms with E-state index in [0.717, 1.165) is 29.3 Å². The number of likely N-dealkylation sites (tertiary alicyclic amines) is 1. The van der Waals surface area contributed by atoms with Crippen LogP contribution < -0.4 is 5.32 Å². The number of anilines is 1. The zero-order valence-corrected chi connectivity index (χ0v) is 14.6. The maximum atomic E-state index is 13.1. The summed E-state index contributed by atoms with van der Waals surface area (Å²) in [4.78, 5) is 26.1. The Labute approximate surface area is 156 Å². The van der Waals surface area contributed by atoms with Crippen LogP contribution in [0.5, 0.6) is 0 Å². The number of carbonyl (C=O) groups excluding carboxylic acids is 1. The second-order valence-electron chi connectivity index (χ2n) is 6.74. The summed E-state index contributed by atoms with van der Waals surface area (Å²) in [5.41, 5.74) is 2.48. The largest absolute Gasteiger partial charge is 0.465 e. The van der Waals surface area contributed by atoms with Gasteiger partial charge in [0.05, 0.1) is 11.7 Å². The molecular formula is C20H20N4O3. The van der Waals surface area contributed by atoms with Crippen LogP contribution >= 0.6 is 0 Å². The standard InChI is InChI=1S/C20H20N4O3/c25-19(22-15-8-9-17-14(11-15)12-21-23-17)18-16(13-5-2-1-3-6-13)7-4-10-24(18)20(26)27/h1-3,5-6,8-9,11-12,16,18H,4,7,10H2,(H,21,23)(H,22,25)(H,26,27). The van der Waals surface area contributed by atoms with Crippen LogP contribution in [0.25, 0.3) is 10.9 Å². The molecule has 1 aliphatic heterocycles. The average Bonchev–Trinajstić information content (AvgIpc) is 3.16. The van der Waals surface area contributed by atoms with Gasteiger partial charge < -0.3 is 10.4 Å². The first-order valence-corrected chi connectivity index (χ1v) is 8.92. The van der Waals surface area contributed by atoms with Crippen molar-refractivity contribution in [2.75, 3.05) is 11.9 Å². The third-order valence-corrected chi connectivity index (χ3v) is 5.08. The molecule has 2 heterocycles. The number of hydrogen-bond donors (Lipinski definition) is 3. The number of fused-ring (bicyclic) bond motifs is 1. The Morgan fingerprint density at radius 3 is 2.78 bits per heavy atom. The molecule has 2 amide bonds. The van der Waals surface area contributed by atoms with E-state index in [1.807, 2.05) is 42.5 Å². The van der Waals surface area contributed by atoms with Crippen LogP contribution in [-0.2, 0) is 4.79 Å². The van der Waals surface area contributed by atoms with Gasteiger partial charge in [-0.2, -0.15) is 5.10 Å². The number of rotatable bonds is 3. The molecule has 7 nitrogen and oxygen atoms in total. The van der Waals surface area contributed by atoms with Crippen LogP contribution in [0.3, 0.4) is 0 Å². The predicted octanol–water partition coefficient (Wildman–Crippen LogP) is 3.43. The number of H-pyrrole nitrogens is 1. The van der Waals surface area contributed by atoms with Crippen molar-refractivity contribution in [2.45, 2.75) is 24.8 Å². The molecule has 1 aliphatic rings. The molecule has 1 aromatic heterocycles. The van der Waals surface area contributed by atoms with E-state index in [2.05, 4.69) is 15.5 Å². The number of benzene rings is 2. The summed E-state index contributed by atoms with van der Waals surface area (Å²) in [6.45, 7) is 0.359. The number of amides is 2. The first-order valence-electron chi connectivity index (χ1n) is 8.92. The van der Waals surface area contributed by atoms with Crippen molar-refractivity contribution in [1.29, 1.82) is 0 Å². The molecule has 3 aromatic rings. The quantitative estimate of drug-likeness (QED) is 0.663. The number of piperidine rings is 1. The van der Waals surface area contributed by atoms with E-state index in [1.54, 1.807) is 12.3 Å². The van der Waals surface area contributed by atoms with Crippen molar-refractivity contribution < 1.29 is 14.7 Å². The average molecular weight is 364 g/mol. The Hall–Kier alpha value is -3.35. The summed E-state index contributed by atoms with van der Waals surface area (Å²) in [6.07, 6.45) is 2.12. The van der Waals surface area contributed by atoms with Crippen LogP contribution in [0.2, 0.25) is 0 Å². The molecule has 1 saturated heterocycles. The smallest absolute Gasteiger partial charge is 0.408 e. The molecule has 2 atom stereocenters. The van der Waals surface area contributed by atoms with Gasteiger partial charge in [0.25, 0.3) is 0 Å². The Bertz CT molecular complexity index is 970. The van der Waals surface area contributed by atoms with Crippen molar-refractivity contribution >= 4 is 28.6 Å². The molecule has 0 bridgehead atoms. The SMILES string of the molecule is O=C(Nc1ccc2[nH]ncc2c1)C1C(c2ccccc2)CCCN1C(=O)O. The summed E-state index contributed by atoms with van der Waals surface area (Å²) in [7, 11) is 0. The number of nitrogens with zero attached hydrogens (tertiary/aromatic N) is 2. The Kier molecular flexibility index (Phi) is 4.50. The number of aromatic nitrogens is 2. The van der Waals surface area contributed by atoms with Crippen LogP contribution in [0.15, 0.2) is 54.7 Å². The van der Waals surface area contributed by atoms with Gasteiger partial charge in [0, 0.05) is 23.5 Å². The molecule has 27 heavy (non-hydrogen) atoms. The Morgan fingerprint density at radius 1 is 1.19 bits per heavy atom. The van der Waals surface area contributed by atoms with Gasteiger partial charge in [-0.15, -0.1) is 0 Å². The maximum absolute atomic E-state index is 13.1. The lowest BCUT2D eigenvalue weighted by molar-refractivity contribution is -0.122. The lowest BCUT2D eigenvalue weighted by Crippen LogP contribution is -2.53. The van der Waals surface area contributed by atoms with Crippen molar-refractivity contribution in [3.63, 3.8) is 0 Å². The fraction of sp³-hybridized carbons (Fsp3) is 0.250. The molecule has 0 spiro atoms. The number of aromatic amines is 1. The maximum Gasteiger partial charge on any atom is 0.408 e. The normalized spacial score (nSPS) is 19.8. The molecule has 4 rings (SSSR count).